The average Bonchev–Trinajstić information content (AvgIpc) is 2.79. The number of amides is 1. The Hall–Kier alpha value is -0.650. The van der Waals surface area contributed by atoms with E-state index in [1.165, 1.54) is 0 Å². The van der Waals surface area contributed by atoms with E-state index in [9.17, 15) is 9.90 Å². The van der Waals surface area contributed by atoms with Crippen LogP contribution in [0.5, 0.6) is 0 Å². The van der Waals surface area contributed by atoms with Crippen LogP contribution in [0.1, 0.15) is 34.1 Å². The molecule has 0 aromatic carbocycles. The Bertz CT molecular complexity index is 348. The van der Waals surface area contributed by atoms with Gasteiger partial charge in [0, 0.05) is 19.6 Å². The fourth-order valence-corrected chi connectivity index (χ4v) is 3.08. The molecule has 19 heavy (non-hydrogen) atoms. The number of hydrogen-bond acceptors (Lipinski definition) is 4. The fraction of sp³-hybridized carbons (Fsp3) is 0.929. The molecule has 1 amide bonds. The zero-order valence-corrected chi connectivity index (χ0v) is 12.2. The maximum absolute atomic E-state index is 12.3. The molecule has 2 N–H and O–H groups in total. The summed E-state index contributed by atoms with van der Waals surface area (Å²) in [5.74, 6) is 0.0231. The van der Waals surface area contributed by atoms with E-state index in [1.54, 1.807) is 0 Å². The molecule has 0 aromatic heterocycles. The van der Waals surface area contributed by atoms with Crippen molar-refractivity contribution in [3.63, 3.8) is 0 Å². The van der Waals surface area contributed by atoms with Gasteiger partial charge in [0.25, 0.3) is 0 Å². The number of aliphatic hydroxyl groups is 1. The zero-order chi connectivity index (χ0) is 14.2. The average molecular weight is 271 g/mol. The first kappa shape index (κ1) is 14.8. The lowest BCUT2D eigenvalue weighted by Crippen LogP contribution is -2.49. The molecule has 0 aliphatic carbocycles. The molecule has 110 valence electrons. The second kappa shape index (κ2) is 5.38. The van der Waals surface area contributed by atoms with Gasteiger partial charge in [0.1, 0.15) is 5.60 Å². The minimum atomic E-state index is -0.937. The summed E-state index contributed by atoms with van der Waals surface area (Å²) in [6.07, 6.45) is 0.359. The quantitative estimate of drug-likeness (QED) is 0.793. The van der Waals surface area contributed by atoms with Crippen molar-refractivity contribution in [3.05, 3.63) is 0 Å². The number of ether oxygens (including phenoxy) is 2. The molecule has 0 radical (unpaired) electrons. The summed E-state index contributed by atoms with van der Waals surface area (Å²) in [7, 11) is 0. The third-order valence-corrected chi connectivity index (χ3v) is 4.77. The number of rotatable bonds is 3. The van der Waals surface area contributed by atoms with Gasteiger partial charge in [-0.2, -0.15) is 0 Å². The summed E-state index contributed by atoms with van der Waals surface area (Å²) in [5, 5.41) is 13.2. The van der Waals surface area contributed by atoms with Gasteiger partial charge in [-0.25, -0.2) is 0 Å². The van der Waals surface area contributed by atoms with Gasteiger partial charge < -0.3 is 19.9 Å². The van der Waals surface area contributed by atoms with Crippen LogP contribution in [0, 0.1) is 11.8 Å². The van der Waals surface area contributed by atoms with E-state index < -0.39 is 5.60 Å². The summed E-state index contributed by atoms with van der Waals surface area (Å²) in [5.41, 5.74) is -0.937. The molecule has 2 heterocycles. The molecular formula is C14H25NO4. The highest BCUT2D eigenvalue weighted by molar-refractivity contribution is 5.80. The highest BCUT2D eigenvalue weighted by Gasteiger charge is 2.44. The van der Waals surface area contributed by atoms with E-state index in [0.29, 0.717) is 13.0 Å². The maximum atomic E-state index is 12.3. The van der Waals surface area contributed by atoms with Crippen molar-refractivity contribution in [2.45, 2.75) is 58.0 Å². The van der Waals surface area contributed by atoms with Gasteiger partial charge in [-0.1, -0.05) is 6.92 Å². The Kier molecular flexibility index (Phi) is 4.18. The monoisotopic (exact) mass is 271 g/mol. The topological polar surface area (TPSA) is 67.8 Å². The Labute approximate surface area is 114 Å². The fourth-order valence-electron chi connectivity index (χ4n) is 3.08. The number of carbonyl (C=O) groups is 1. The van der Waals surface area contributed by atoms with E-state index in [-0.39, 0.29) is 42.6 Å². The number of hydrogen-bond donors (Lipinski definition) is 2. The van der Waals surface area contributed by atoms with Gasteiger partial charge in [0.05, 0.1) is 24.2 Å². The van der Waals surface area contributed by atoms with Gasteiger partial charge in [-0.3, -0.25) is 4.79 Å². The first-order valence-corrected chi connectivity index (χ1v) is 7.12. The van der Waals surface area contributed by atoms with Gasteiger partial charge in [-0.05, 0) is 26.7 Å². The molecule has 0 aromatic rings. The van der Waals surface area contributed by atoms with Gasteiger partial charge >= 0.3 is 0 Å². The third-order valence-electron chi connectivity index (χ3n) is 4.77. The van der Waals surface area contributed by atoms with Gasteiger partial charge in [0.15, 0.2) is 0 Å². The molecule has 2 rings (SSSR count). The van der Waals surface area contributed by atoms with Gasteiger partial charge in [0.2, 0.25) is 5.91 Å². The molecule has 5 heteroatoms. The van der Waals surface area contributed by atoms with Crippen molar-refractivity contribution in [1.82, 2.24) is 5.32 Å². The van der Waals surface area contributed by atoms with E-state index >= 15 is 0 Å². The van der Waals surface area contributed by atoms with Gasteiger partial charge in [-0.15, -0.1) is 0 Å². The molecule has 5 nitrogen and oxygen atoms in total. The van der Waals surface area contributed by atoms with Crippen LogP contribution in [0.15, 0.2) is 0 Å². The Morgan fingerprint density at radius 3 is 2.47 bits per heavy atom. The highest BCUT2D eigenvalue weighted by Crippen LogP contribution is 2.32. The minimum absolute atomic E-state index is 0.0307. The van der Waals surface area contributed by atoms with Crippen LogP contribution < -0.4 is 5.32 Å². The predicted octanol–water partition coefficient (Wildman–Crippen LogP) is 0.702. The molecule has 6 atom stereocenters. The first-order chi connectivity index (χ1) is 8.85. The zero-order valence-electron chi connectivity index (χ0n) is 12.2. The molecule has 2 saturated heterocycles. The molecular weight excluding hydrogens is 246 g/mol. The smallest absolute Gasteiger partial charge is 0.226 e. The minimum Gasteiger partial charge on any atom is -0.385 e. The summed E-state index contributed by atoms with van der Waals surface area (Å²) in [6, 6.07) is 0. The van der Waals surface area contributed by atoms with Crippen LogP contribution in [0.3, 0.4) is 0 Å². The standard InChI is InChI=1S/C14H25NO4/c1-8-9(2)19-10(3)12(8)13(16)15-7-14(17)5-6-18-11(14)4/h8-12,17H,5-7H2,1-4H3,(H,15,16). The van der Waals surface area contributed by atoms with Crippen LogP contribution in [0.2, 0.25) is 0 Å². The van der Waals surface area contributed by atoms with Crippen molar-refractivity contribution < 1.29 is 19.4 Å². The van der Waals surface area contributed by atoms with Crippen LogP contribution in [-0.2, 0) is 14.3 Å². The lowest BCUT2D eigenvalue weighted by atomic mass is 9.88. The molecule has 6 unspecified atom stereocenters. The van der Waals surface area contributed by atoms with E-state index in [0.717, 1.165) is 0 Å². The summed E-state index contributed by atoms with van der Waals surface area (Å²) < 4.78 is 11.0. The van der Waals surface area contributed by atoms with E-state index in [4.69, 9.17) is 9.47 Å². The third kappa shape index (κ3) is 2.78. The summed E-state index contributed by atoms with van der Waals surface area (Å²) in [6.45, 7) is 8.59. The van der Waals surface area contributed by atoms with Crippen molar-refractivity contribution in [1.29, 1.82) is 0 Å². The molecule has 2 aliphatic rings. The Balaban J connectivity index is 1.91. The van der Waals surface area contributed by atoms with Crippen LogP contribution >= 0.6 is 0 Å². The number of nitrogens with one attached hydrogen (secondary N) is 1. The van der Waals surface area contributed by atoms with Crippen LogP contribution in [0.4, 0.5) is 0 Å². The maximum Gasteiger partial charge on any atom is 0.226 e. The summed E-state index contributed by atoms with van der Waals surface area (Å²) in [4.78, 5) is 12.3. The predicted molar refractivity (Wildman–Crippen MR) is 70.7 cm³/mol. The Morgan fingerprint density at radius 2 is 2.00 bits per heavy atom. The Morgan fingerprint density at radius 1 is 1.32 bits per heavy atom. The second-order valence-electron chi connectivity index (χ2n) is 6.02. The lowest BCUT2D eigenvalue weighted by Gasteiger charge is -2.27. The van der Waals surface area contributed by atoms with E-state index in [2.05, 4.69) is 5.32 Å². The SMILES string of the molecule is CC1OC(C)C(C(=O)NCC2(O)CCOC2C)C1C. The van der Waals surface area contributed by atoms with E-state index in [1.807, 2.05) is 27.7 Å². The number of carbonyl (C=O) groups excluding carboxylic acids is 1. The molecule has 0 bridgehead atoms. The molecule has 2 fully saturated rings. The van der Waals surface area contributed by atoms with Crippen molar-refractivity contribution >= 4 is 5.91 Å². The lowest BCUT2D eigenvalue weighted by molar-refractivity contribution is -0.129. The van der Waals surface area contributed by atoms with Crippen molar-refractivity contribution in [2.24, 2.45) is 11.8 Å². The van der Waals surface area contributed by atoms with Crippen molar-refractivity contribution in [3.8, 4) is 0 Å². The normalized spacial score (nSPS) is 46.5. The second-order valence-corrected chi connectivity index (χ2v) is 6.02. The molecule has 0 saturated carbocycles. The molecule has 2 aliphatic heterocycles. The van der Waals surface area contributed by atoms with Crippen molar-refractivity contribution in [2.75, 3.05) is 13.2 Å². The highest BCUT2D eigenvalue weighted by atomic mass is 16.5. The largest absolute Gasteiger partial charge is 0.385 e. The molecule has 0 spiro atoms. The van der Waals surface area contributed by atoms with Crippen LogP contribution in [0.25, 0.3) is 0 Å². The summed E-state index contributed by atoms with van der Waals surface area (Å²) >= 11 is 0. The van der Waals surface area contributed by atoms with Crippen LogP contribution in [-0.4, -0.2) is 48.1 Å². The first-order valence-electron chi connectivity index (χ1n) is 7.12.